The molecule has 0 saturated heterocycles. The second-order valence-electron chi connectivity index (χ2n) is 5.95. The summed E-state index contributed by atoms with van der Waals surface area (Å²) in [4.78, 5) is 12.0. The first-order chi connectivity index (χ1) is 13.3. The lowest BCUT2D eigenvalue weighted by molar-refractivity contribution is 0.104. The van der Waals surface area contributed by atoms with Gasteiger partial charge in [0.2, 0.25) is 0 Å². The number of carbonyl (C=O) groups excluding carboxylic acids is 1. The fraction of sp³-hybridized carbons (Fsp3) is 0. The topological polar surface area (TPSA) is 91.7 Å². The Morgan fingerprint density at radius 3 is 2.32 bits per heavy atom. The van der Waals surface area contributed by atoms with Crippen molar-refractivity contribution in [1.29, 1.82) is 0 Å². The molecule has 0 heterocycles. The van der Waals surface area contributed by atoms with E-state index in [0.29, 0.717) is 22.3 Å². The van der Waals surface area contributed by atoms with E-state index in [2.05, 4.69) is 0 Å². The first-order valence-corrected chi connectivity index (χ1v) is 9.57. The monoisotopic (exact) mass is 398 g/mol. The van der Waals surface area contributed by atoms with E-state index in [1.165, 1.54) is 30.4 Å². The summed E-state index contributed by atoms with van der Waals surface area (Å²) in [5.74, 6) is -1.32. The second kappa shape index (κ2) is 7.75. The molecule has 28 heavy (non-hydrogen) atoms. The lowest BCUT2D eigenvalue weighted by Gasteiger charge is -2.07. The zero-order chi connectivity index (χ0) is 20.3. The van der Waals surface area contributed by atoms with Gasteiger partial charge < -0.3 is 5.11 Å². The molecule has 3 rings (SSSR count). The van der Waals surface area contributed by atoms with Crippen molar-refractivity contribution in [2.45, 2.75) is 4.90 Å². The Kier molecular flexibility index (Phi) is 5.39. The van der Waals surface area contributed by atoms with Crippen LogP contribution >= 0.6 is 0 Å². The molecule has 0 atom stereocenters. The van der Waals surface area contributed by atoms with E-state index >= 15 is 0 Å². The molecule has 0 spiro atoms. The van der Waals surface area contributed by atoms with E-state index in [1.54, 1.807) is 36.4 Å². The van der Waals surface area contributed by atoms with E-state index < -0.39 is 20.8 Å². The number of phenols is 1. The lowest BCUT2D eigenvalue weighted by Crippen LogP contribution is -1.99. The van der Waals surface area contributed by atoms with Gasteiger partial charge in [-0.05, 0) is 47.0 Å². The van der Waals surface area contributed by atoms with Crippen LogP contribution in [0.2, 0.25) is 0 Å². The van der Waals surface area contributed by atoms with Gasteiger partial charge in [-0.1, -0.05) is 48.5 Å². The van der Waals surface area contributed by atoms with Crippen LogP contribution in [0.15, 0.2) is 77.7 Å². The fourth-order valence-electron chi connectivity index (χ4n) is 2.68. The number of halogens is 1. The number of rotatable bonds is 5. The van der Waals surface area contributed by atoms with Gasteiger partial charge in [-0.25, -0.2) is 4.39 Å². The lowest BCUT2D eigenvalue weighted by atomic mass is 9.96. The number of allylic oxidation sites excluding steroid dienone is 1. The zero-order valence-electron chi connectivity index (χ0n) is 14.4. The van der Waals surface area contributed by atoms with Gasteiger partial charge in [0.1, 0.15) is 16.5 Å². The summed E-state index contributed by atoms with van der Waals surface area (Å²) in [5, 5.41) is 9.55. The van der Waals surface area contributed by atoms with Gasteiger partial charge in [0.05, 0.1) is 0 Å². The second-order valence-corrected chi connectivity index (χ2v) is 7.34. The number of phenolic OH excluding ortho intramolecular Hbond substituents is 1. The zero-order valence-corrected chi connectivity index (χ0v) is 15.2. The molecule has 3 aromatic rings. The van der Waals surface area contributed by atoms with Crippen molar-refractivity contribution in [3.63, 3.8) is 0 Å². The van der Waals surface area contributed by atoms with Crippen LogP contribution in [0.25, 0.3) is 17.2 Å². The molecule has 0 aromatic heterocycles. The first-order valence-electron chi connectivity index (χ1n) is 8.13. The van der Waals surface area contributed by atoms with Gasteiger partial charge in [-0.3, -0.25) is 9.35 Å². The molecule has 2 N–H and O–H groups in total. The van der Waals surface area contributed by atoms with Crippen LogP contribution < -0.4 is 0 Å². The van der Waals surface area contributed by atoms with Crippen molar-refractivity contribution in [3.8, 4) is 16.9 Å². The summed E-state index contributed by atoms with van der Waals surface area (Å²) in [6.45, 7) is 0. The molecule has 0 bridgehead atoms. The minimum atomic E-state index is -4.59. The number of hydrogen-bond acceptors (Lipinski definition) is 4. The first kappa shape index (κ1) is 19.5. The van der Waals surface area contributed by atoms with Crippen LogP contribution in [-0.4, -0.2) is 23.9 Å². The highest BCUT2D eigenvalue weighted by atomic mass is 32.2. The number of hydrogen-bond donors (Lipinski definition) is 2. The fourth-order valence-corrected chi connectivity index (χ4v) is 3.30. The van der Waals surface area contributed by atoms with Crippen molar-refractivity contribution >= 4 is 22.0 Å². The normalized spacial score (nSPS) is 11.6. The molecule has 0 aliphatic rings. The third-order valence-electron chi connectivity index (χ3n) is 4.04. The van der Waals surface area contributed by atoms with Gasteiger partial charge in [0.25, 0.3) is 10.1 Å². The summed E-state index contributed by atoms with van der Waals surface area (Å²) in [6, 6.07) is 16.2. The molecule has 0 aliphatic heterocycles. The van der Waals surface area contributed by atoms with E-state index in [1.807, 2.05) is 0 Å². The molecular formula is C21H15FO5S. The molecular weight excluding hydrogens is 383 g/mol. The molecule has 142 valence electrons. The largest absolute Gasteiger partial charge is 0.506 e. The van der Waals surface area contributed by atoms with Crippen LogP contribution in [0.4, 0.5) is 4.39 Å². The van der Waals surface area contributed by atoms with Crippen molar-refractivity contribution < 1.29 is 27.3 Å². The molecule has 0 saturated carbocycles. The maximum absolute atomic E-state index is 13.2. The predicted molar refractivity (Wildman–Crippen MR) is 103 cm³/mol. The van der Waals surface area contributed by atoms with Gasteiger partial charge in [0, 0.05) is 5.56 Å². The Morgan fingerprint density at radius 2 is 1.64 bits per heavy atom. The van der Waals surface area contributed by atoms with Crippen molar-refractivity contribution in [2.24, 2.45) is 0 Å². The minimum Gasteiger partial charge on any atom is -0.506 e. The standard InChI is InChI=1S/C21H15FO5S/c22-16-9-7-15(8-10-16)17-3-1-2-4-18(17)19(23)11-5-14-6-12-20(24)21(13-14)28(25,26)27/h1-13,24H,(H,25,26,27)/b11-5+. The highest BCUT2D eigenvalue weighted by Gasteiger charge is 2.15. The SMILES string of the molecule is O=C(/C=C/c1ccc(O)c(S(=O)(=O)O)c1)c1ccccc1-c1ccc(F)cc1. The molecule has 0 amide bonds. The third-order valence-corrected chi connectivity index (χ3v) is 4.92. The average Bonchev–Trinajstić information content (AvgIpc) is 2.67. The van der Waals surface area contributed by atoms with Gasteiger partial charge in [-0.15, -0.1) is 0 Å². The van der Waals surface area contributed by atoms with Gasteiger partial charge >= 0.3 is 0 Å². The van der Waals surface area contributed by atoms with Gasteiger partial charge in [0.15, 0.2) is 5.78 Å². The molecule has 5 nitrogen and oxygen atoms in total. The molecule has 0 unspecified atom stereocenters. The number of aromatic hydroxyl groups is 1. The predicted octanol–water partition coefficient (Wildman–Crippen LogP) is 4.34. The number of carbonyl (C=O) groups is 1. The molecule has 0 aliphatic carbocycles. The molecule has 3 aromatic carbocycles. The number of benzene rings is 3. The minimum absolute atomic E-state index is 0.304. The van der Waals surface area contributed by atoms with E-state index in [9.17, 15) is 22.7 Å². The van der Waals surface area contributed by atoms with Crippen molar-refractivity contribution in [1.82, 2.24) is 0 Å². The van der Waals surface area contributed by atoms with Crippen LogP contribution in [-0.2, 0) is 10.1 Å². The Bertz CT molecular complexity index is 1170. The Morgan fingerprint density at radius 1 is 0.964 bits per heavy atom. The van der Waals surface area contributed by atoms with Crippen molar-refractivity contribution in [2.75, 3.05) is 0 Å². The third kappa shape index (κ3) is 4.33. The Labute approximate surface area is 161 Å². The van der Waals surface area contributed by atoms with Crippen LogP contribution in [0.3, 0.4) is 0 Å². The maximum Gasteiger partial charge on any atom is 0.298 e. The highest BCUT2D eigenvalue weighted by Crippen LogP contribution is 2.26. The summed E-state index contributed by atoms with van der Waals surface area (Å²) >= 11 is 0. The molecule has 0 fully saturated rings. The van der Waals surface area contributed by atoms with E-state index in [4.69, 9.17) is 4.55 Å². The average molecular weight is 398 g/mol. The smallest absolute Gasteiger partial charge is 0.298 e. The summed E-state index contributed by atoms with van der Waals surface area (Å²) in [6.07, 6.45) is 2.63. The summed E-state index contributed by atoms with van der Waals surface area (Å²) in [7, 11) is -4.59. The van der Waals surface area contributed by atoms with Crippen molar-refractivity contribution in [3.05, 3.63) is 89.8 Å². The summed E-state index contributed by atoms with van der Waals surface area (Å²) in [5.41, 5.74) is 2.00. The molecule has 7 heteroatoms. The van der Waals surface area contributed by atoms with Gasteiger partial charge in [-0.2, -0.15) is 8.42 Å². The van der Waals surface area contributed by atoms with E-state index in [0.717, 1.165) is 12.1 Å². The Balaban J connectivity index is 1.93. The maximum atomic E-state index is 13.2. The quantitative estimate of drug-likeness (QED) is 0.379. The highest BCUT2D eigenvalue weighted by molar-refractivity contribution is 7.86. The van der Waals surface area contributed by atoms with E-state index in [-0.39, 0.29) is 11.6 Å². The van der Waals surface area contributed by atoms with Crippen LogP contribution in [0, 0.1) is 5.82 Å². The Hall–Kier alpha value is -3.29. The molecule has 0 radical (unpaired) electrons. The van der Waals surface area contributed by atoms with Crippen LogP contribution in [0.1, 0.15) is 15.9 Å². The number of ketones is 1. The summed E-state index contributed by atoms with van der Waals surface area (Å²) < 4.78 is 44.8. The van der Waals surface area contributed by atoms with Crippen LogP contribution in [0.5, 0.6) is 5.75 Å².